The first-order valence-corrected chi connectivity index (χ1v) is 12.1. The van der Waals surface area contributed by atoms with Gasteiger partial charge in [-0.15, -0.1) is 0 Å². The smallest absolute Gasteiger partial charge is 0.0721 e. The lowest BCUT2D eigenvalue weighted by Gasteiger charge is -2.25. The van der Waals surface area contributed by atoms with E-state index in [0.29, 0.717) is 13.2 Å². The van der Waals surface area contributed by atoms with Crippen molar-refractivity contribution in [2.75, 3.05) is 13.2 Å². The molecule has 0 unspecified atom stereocenters. The summed E-state index contributed by atoms with van der Waals surface area (Å²) in [5.41, 5.74) is 2.43. The SMILES string of the molecule is C1CCC(COCC2CCCCC2)CC1.[HH].c1ccc(COCc2ccccc2)cc1. The van der Waals surface area contributed by atoms with Gasteiger partial charge in [0.15, 0.2) is 0 Å². The first kappa shape index (κ1) is 23.0. The maximum absolute atomic E-state index is 5.91. The van der Waals surface area contributed by atoms with E-state index in [-0.39, 0.29) is 1.43 Å². The van der Waals surface area contributed by atoms with E-state index in [2.05, 4.69) is 24.3 Å². The van der Waals surface area contributed by atoms with Gasteiger partial charge in [0.25, 0.3) is 0 Å². The Bertz CT molecular complexity index is 592. The fraction of sp³-hybridized carbons (Fsp3) is 0.571. The Morgan fingerprint density at radius 1 is 0.533 bits per heavy atom. The molecule has 0 bridgehead atoms. The van der Waals surface area contributed by atoms with Gasteiger partial charge in [0.05, 0.1) is 13.2 Å². The average Bonchev–Trinajstić information content (AvgIpc) is 2.82. The third-order valence-electron chi connectivity index (χ3n) is 6.38. The molecule has 2 nitrogen and oxygen atoms in total. The van der Waals surface area contributed by atoms with Crippen molar-refractivity contribution in [3.63, 3.8) is 0 Å². The van der Waals surface area contributed by atoms with Gasteiger partial charge in [-0.05, 0) is 48.6 Å². The monoisotopic (exact) mass is 410 g/mol. The van der Waals surface area contributed by atoms with Crippen molar-refractivity contribution in [2.45, 2.75) is 77.4 Å². The molecule has 0 amide bonds. The zero-order chi connectivity index (χ0) is 20.7. The van der Waals surface area contributed by atoms with Gasteiger partial charge < -0.3 is 9.47 Å². The van der Waals surface area contributed by atoms with Crippen LogP contribution in [-0.4, -0.2) is 13.2 Å². The number of hydrogen-bond donors (Lipinski definition) is 0. The molecule has 0 atom stereocenters. The second-order valence-corrected chi connectivity index (χ2v) is 9.01. The molecule has 0 radical (unpaired) electrons. The molecule has 0 saturated heterocycles. The normalized spacial score (nSPS) is 17.9. The maximum Gasteiger partial charge on any atom is 0.0721 e. The molecular formula is C28H42O2. The molecule has 0 heterocycles. The number of benzene rings is 2. The van der Waals surface area contributed by atoms with Crippen LogP contribution < -0.4 is 0 Å². The molecule has 2 aromatic carbocycles. The van der Waals surface area contributed by atoms with Crippen molar-refractivity contribution in [2.24, 2.45) is 11.8 Å². The second kappa shape index (κ2) is 14.4. The first-order chi connectivity index (χ1) is 14.9. The van der Waals surface area contributed by atoms with E-state index in [0.717, 1.165) is 25.0 Å². The van der Waals surface area contributed by atoms with E-state index < -0.39 is 0 Å². The highest BCUT2D eigenvalue weighted by molar-refractivity contribution is 5.15. The van der Waals surface area contributed by atoms with Crippen LogP contribution in [0.4, 0.5) is 0 Å². The van der Waals surface area contributed by atoms with Crippen LogP contribution in [0.2, 0.25) is 0 Å². The van der Waals surface area contributed by atoms with E-state index in [9.17, 15) is 0 Å². The Hall–Kier alpha value is -1.64. The third kappa shape index (κ3) is 9.45. The predicted octanol–water partition coefficient (Wildman–Crippen LogP) is 7.81. The Morgan fingerprint density at radius 3 is 1.33 bits per heavy atom. The fourth-order valence-electron chi connectivity index (χ4n) is 4.54. The van der Waals surface area contributed by atoms with Crippen molar-refractivity contribution in [1.82, 2.24) is 0 Å². The molecule has 2 aliphatic carbocycles. The largest absolute Gasteiger partial charge is 0.381 e. The van der Waals surface area contributed by atoms with Crippen molar-refractivity contribution in [3.8, 4) is 0 Å². The Balaban J connectivity index is 0.000000213. The van der Waals surface area contributed by atoms with Gasteiger partial charge in [0.1, 0.15) is 0 Å². The van der Waals surface area contributed by atoms with Crippen LogP contribution in [0.15, 0.2) is 60.7 Å². The summed E-state index contributed by atoms with van der Waals surface area (Å²) in [4.78, 5) is 0. The quantitative estimate of drug-likeness (QED) is 0.442. The van der Waals surface area contributed by atoms with Crippen molar-refractivity contribution in [1.29, 1.82) is 0 Å². The molecule has 30 heavy (non-hydrogen) atoms. The van der Waals surface area contributed by atoms with Crippen LogP contribution in [0, 0.1) is 11.8 Å². The van der Waals surface area contributed by atoms with Gasteiger partial charge in [-0.1, -0.05) is 99.2 Å². The van der Waals surface area contributed by atoms with Crippen LogP contribution >= 0.6 is 0 Å². The zero-order valence-electron chi connectivity index (χ0n) is 18.6. The lowest BCUT2D eigenvalue weighted by atomic mass is 9.89. The van der Waals surface area contributed by atoms with E-state index in [1.54, 1.807) is 0 Å². The Labute approximate surface area is 185 Å². The molecule has 2 saturated carbocycles. The summed E-state index contributed by atoms with van der Waals surface area (Å²) in [6, 6.07) is 20.4. The topological polar surface area (TPSA) is 18.5 Å². The van der Waals surface area contributed by atoms with E-state index >= 15 is 0 Å². The highest BCUT2D eigenvalue weighted by atomic mass is 16.5. The highest BCUT2D eigenvalue weighted by Gasteiger charge is 2.16. The molecular weight excluding hydrogens is 368 g/mol. The molecule has 2 aliphatic rings. The number of ether oxygens (including phenoxy) is 2. The maximum atomic E-state index is 5.91. The average molecular weight is 411 g/mol. The minimum absolute atomic E-state index is 0. The first-order valence-electron chi connectivity index (χ1n) is 12.1. The zero-order valence-corrected chi connectivity index (χ0v) is 18.6. The van der Waals surface area contributed by atoms with Crippen LogP contribution in [0.5, 0.6) is 0 Å². The molecule has 4 rings (SSSR count). The Kier molecular flexibility index (Phi) is 11.0. The highest BCUT2D eigenvalue weighted by Crippen LogP contribution is 2.26. The molecule has 166 valence electrons. The molecule has 0 aromatic heterocycles. The van der Waals surface area contributed by atoms with Gasteiger partial charge in [-0.3, -0.25) is 0 Å². The van der Waals surface area contributed by atoms with Crippen molar-refractivity contribution >= 4 is 0 Å². The summed E-state index contributed by atoms with van der Waals surface area (Å²) >= 11 is 0. The number of rotatable bonds is 8. The van der Waals surface area contributed by atoms with Crippen LogP contribution in [0.3, 0.4) is 0 Å². The Morgan fingerprint density at radius 2 is 0.933 bits per heavy atom. The van der Waals surface area contributed by atoms with Gasteiger partial charge in [-0.25, -0.2) is 0 Å². The molecule has 2 fully saturated rings. The molecule has 0 spiro atoms. The molecule has 0 N–H and O–H groups in total. The molecule has 2 heteroatoms. The van der Waals surface area contributed by atoms with Crippen molar-refractivity contribution in [3.05, 3.63) is 71.8 Å². The minimum atomic E-state index is 0. The minimum Gasteiger partial charge on any atom is -0.381 e. The van der Waals surface area contributed by atoms with E-state index in [4.69, 9.17) is 9.47 Å². The lowest BCUT2D eigenvalue weighted by molar-refractivity contribution is 0.0508. The van der Waals surface area contributed by atoms with Crippen LogP contribution in [0.25, 0.3) is 0 Å². The van der Waals surface area contributed by atoms with Crippen LogP contribution in [0.1, 0.15) is 76.8 Å². The summed E-state index contributed by atoms with van der Waals surface area (Å²) < 4.78 is 11.5. The summed E-state index contributed by atoms with van der Waals surface area (Å²) in [5.74, 6) is 1.78. The molecule has 2 aromatic rings. The van der Waals surface area contributed by atoms with E-state index in [1.165, 1.54) is 75.3 Å². The number of hydrogen-bond acceptors (Lipinski definition) is 2. The van der Waals surface area contributed by atoms with Gasteiger partial charge in [0, 0.05) is 14.6 Å². The predicted molar refractivity (Wildman–Crippen MR) is 127 cm³/mol. The van der Waals surface area contributed by atoms with Crippen molar-refractivity contribution < 1.29 is 10.9 Å². The lowest BCUT2D eigenvalue weighted by Crippen LogP contribution is -2.18. The van der Waals surface area contributed by atoms with Crippen LogP contribution in [-0.2, 0) is 22.7 Å². The fourth-order valence-corrected chi connectivity index (χ4v) is 4.54. The summed E-state index contributed by atoms with van der Waals surface area (Å²) in [6.45, 7) is 3.46. The van der Waals surface area contributed by atoms with Gasteiger partial charge >= 0.3 is 0 Å². The summed E-state index contributed by atoms with van der Waals surface area (Å²) in [6.07, 6.45) is 14.4. The summed E-state index contributed by atoms with van der Waals surface area (Å²) in [7, 11) is 0. The third-order valence-corrected chi connectivity index (χ3v) is 6.38. The van der Waals surface area contributed by atoms with Gasteiger partial charge in [-0.2, -0.15) is 0 Å². The second-order valence-electron chi connectivity index (χ2n) is 9.01. The molecule has 0 aliphatic heterocycles. The van der Waals surface area contributed by atoms with Gasteiger partial charge in [0.2, 0.25) is 0 Å². The summed E-state index contributed by atoms with van der Waals surface area (Å²) in [5, 5.41) is 0. The van der Waals surface area contributed by atoms with E-state index in [1.807, 2.05) is 36.4 Å². The standard InChI is InChI=1S/C14H26O.C14H14O.H2/c2*1-3-7-13(8-4-1)11-15-12-14-9-5-2-6-10-14;/h13-14H,1-12H2;1-10H,11-12H2;1H.